The van der Waals surface area contributed by atoms with Gasteiger partial charge in [-0.15, -0.1) is 0 Å². The fourth-order valence-electron chi connectivity index (χ4n) is 3.62. The van der Waals surface area contributed by atoms with Crippen LogP contribution in [0, 0.1) is 0 Å². The lowest BCUT2D eigenvalue weighted by atomic mass is 9.98. The van der Waals surface area contributed by atoms with E-state index in [1.807, 2.05) is 79.7 Å². The van der Waals surface area contributed by atoms with E-state index in [0.29, 0.717) is 24.5 Å². The SMILES string of the molecule is CCOc1ccccc1CCC(=O)OCC(=O)NC(c1ccc(OC)cc1)c1ccc(OC)cc1. The van der Waals surface area contributed by atoms with Gasteiger partial charge in [0.2, 0.25) is 0 Å². The molecule has 0 heterocycles. The largest absolute Gasteiger partial charge is 0.497 e. The molecule has 0 spiro atoms. The molecule has 3 aromatic rings. The fraction of sp³-hybridized carbons (Fsp3) is 0.286. The van der Waals surface area contributed by atoms with Crippen LogP contribution in [0.2, 0.25) is 0 Å². The quantitative estimate of drug-likeness (QED) is 0.387. The molecule has 184 valence electrons. The summed E-state index contributed by atoms with van der Waals surface area (Å²) >= 11 is 0. The molecule has 0 saturated carbocycles. The number of hydrogen-bond acceptors (Lipinski definition) is 6. The van der Waals surface area contributed by atoms with Gasteiger partial charge in [0.05, 0.1) is 26.9 Å². The Morgan fingerprint density at radius 2 is 1.40 bits per heavy atom. The van der Waals surface area contributed by atoms with Gasteiger partial charge >= 0.3 is 5.97 Å². The standard InChI is InChI=1S/C28H31NO6/c1-4-34-25-8-6-5-7-20(25)13-18-27(31)35-19-26(30)29-28(21-9-14-23(32-2)15-10-21)22-11-16-24(33-3)17-12-22/h5-12,14-17,28H,4,13,18-19H2,1-3H3,(H,29,30). The van der Waals surface area contributed by atoms with Gasteiger partial charge in [-0.05, 0) is 60.4 Å². The number of esters is 1. The minimum absolute atomic E-state index is 0.151. The lowest BCUT2D eigenvalue weighted by molar-refractivity contribution is -0.148. The van der Waals surface area contributed by atoms with Gasteiger partial charge in [-0.25, -0.2) is 0 Å². The summed E-state index contributed by atoms with van der Waals surface area (Å²) in [6.45, 7) is 2.09. The van der Waals surface area contributed by atoms with Gasteiger partial charge in [0.1, 0.15) is 17.2 Å². The van der Waals surface area contributed by atoms with E-state index in [0.717, 1.165) is 22.4 Å². The number of nitrogens with one attached hydrogen (secondary N) is 1. The number of carbonyl (C=O) groups is 2. The van der Waals surface area contributed by atoms with Gasteiger partial charge in [-0.1, -0.05) is 42.5 Å². The summed E-state index contributed by atoms with van der Waals surface area (Å²) < 4.78 is 21.3. The summed E-state index contributed by atoms with van der Waals surface area (Å²) in [6.07, 6.45) is 0.620. The third-order valence-corrected chi connectivity index (χ3v) is 5.44. The highest BCUT2D eigenvalue weighted by Gasteiger charge is 2.18. The van der Waals surface area contributed by atoms with Crippen molar-refractivity contribution in [1.82, 2.24) is 5.32 Å². The Balaban J connectivity index is 1.61. The molecule has 3 rings (SSSR count). The number of benzene rings is 3. The fourth-order valence-corrected chi connectivity index (χ4v) is 3.62. The van der Waals surface area contributed by atoms with E-state index in [1.54, 1.807) is 14.2 Å². The molecule has 0 aromatic heterocycles. The monoisotopic (exact) mass is 477 g/mol. The number of methoxy groups -OCH3 is 2. The van der Waals surface area contributed by atoms with Crippen molar-refractivity contribution < 1.29 is 28.5 Å². The van der Waals surface area contributed by atoms with E-state index in [-0.39, 0.29) is 13.0 Å². The second kappa shape index (κ2) is 13.0. The van der Waals surface area contributed by atoms with Crippen molar-refractivity contribution in [3.8, 4) is 17.2 Å². The van der Waals surface area contributed by atoms with Crippen LogP contribution in [-0.4, -0.2) is 39.3 Å². The molecule has 0 saturated heterocycles. The topological polar surface area (TPSA) is 83.1 Å². The van der Waals surface area contributed by atoms with Crippen LogP contribution in [-0.2, 0) is 20.7 Å². The molecule has 35 heavy (non-hydrogen) atoms. The van der Waals surface area contributed by atoms with Gasteiger partial charge in [0, 0.05) is 6.42 Å². The van der Waals surface area contributed by atoms with Crippen molar-refractivity contribution in [3.63, 3.8) is 0 Å². The first-order valence-electron chi connectivity index (χ1n) is 11.5. The number of hydrogen-bond donors (Lipinski definition) is 1. The zero-order valence-electron chi connectivity index (χ0n) is 20.3. The Bertz CT molecular complexity index is 1050. The predicted molar refractivity (Wildman–Crippen MR) is 133 cm³/mol. The number of rotatable bonds is 12. The second-order valence-corrected chi connectivity index (χ2v) is 7.75. The highest BCUT2D eigenvalue weighted by molar-refractivity contribution is 5.81. The van der Waals surface area contributed by atoms with Crippen molar-refractivity contribution in [1.29, 1.82) is 0 Å². The average molecular weight is 478 g/mol. The van der Waals surface area contributed by atoms with Crippen LogP contribution in [0.1, 0.15) is 36.1 Å². The summed E-state index contributed by atoms with van der Waals surface area (Å²) in [5, 5.41) is 2.96. The molecule has 3 aromatic carbocycles. The maximum absolute atomic E-state index is 12.7. The molecule has 0 aliphatic heterocycles. The zero-order valence-corrected chi connectivity index (χ0v) is 20.3. The van der Waals surface area contributed by atoms with E-state index < -0.39 is 17.9 Å². The molecule has 0 radical (unpaired) electrons. The molecule has 1 N–H and O–H groups in total. The van der Waals surface area contributed by atoms with Gasteiger partial charge in [0.15, 0.2) is 6.61 Å². The van der Waals surface area contributed by atoms with Crippen LogP contribution in [0.5, 0.6) is 17.2 Å². The highest BCUT2D eigenvalue weighted by atomic mass is 16.5. The molecule has 0 bridgehead atoms. The summed E-state index contributed by atoms with van der Waals surface area (Å²) in [7, 11) is 3.20. The van der Waals surface area contributed by atoms with Crippen LogP contribution < -0.4 is 19.5 Å². The van der Waals surface area contributed by atoms with Gasteiger partial charge < -0.3 is 24.3 Å². The normalized spacial score (nSPS) is 10.5. The van der Waals surface area contributed by atoms with Crippen LogP contribution in [0.15, 0.2) is 72.8 Å². The minimum atomic E-state index is -0.447. The number of carbonyl (C=O) groups excluding carboxylic acids is 2. The van der Waals surface area contributed by atoms with E-state index in [9.17, 15) is 9.59 Å². The van der Waals surface area contributed by atoms with Crippen molar-refractivity contribution >= 4 is 11.9 Å². The van der Waals surface area contributed by atoms with Crippen molar-refractivity contribution in [2.45, 2.75) is 25.8 Å². The Kier molecular flexibility index (Phi) is 9.54. The van der Waals surface area contributed by atoms with Crippen molar-refractivity contribution in [2.75, 3.05) is 27.4 Å². The number of para-hydroxylation sites is 1. The van der Waals surface area contributed by atoms with Gasteiger partial charge in [0.25, 0.3) is 5.91 Å². The first-order valence-corrected chi connectivity index (χ1v) is 11.5. The third kappa shape index (κ3) is 7.50. The summed E-state index contributed by atoms with van der Waals surface area (Å²) in [5.74, 6) is 1.34. The number of amides is 1. The molecular weight excluding hydrogens is 446 g/mol. The molecular formula is C28H31NO6. The predicted octanol–water partition coefficient (Wildman–Crippen LogP) is 4.48. The van der Waals surface area contributed by atoms with Crippen LogP contribution in [0.3, 0.4) is 0 Å². The van der Waals surface area contributed by atoms with E-state index in [4.69, 9.17) is 18.9 Å². The summed E-state index contributed by atoms with van der Waals surface area (Å²) in [6, 6.07) is 22.0. The molecule has 0 aliphatic rings. The minimum Gasteiger partial charge on any atom is -0.497 e. The number of aryl methyl sites for hydroxylation is 1. The maximum atomic E-state index is 12.7. The first kappa shape index (κ1) is 25.6. The van der Waals surface area contributed by atoms with Crippen LogP contribution >= 0.6 is 0 Å². The molecule has 0 aliphatic carbocycles. The molecule has 0 atom stereocenters. The molecule has 0 unspecified atom stereocenters. The van der Waals surface area contributed by atoms with Crippen LogP contribution in [0.25, 0.3) is 0 Å². The second-order valence-electron chi connectivity index (χ2n) is 7.75. The number of ether oxygens (including phenoxy) is 4. The average Bonchev–Trinajstić information content (AvgIpc) is 2.90. The Morgan fingerprint density at radius 1 is 0.829 bits per heavy atom. The first-order chi connectivity index (χ1) is 17.0. The van der Waals surface area contributed by atoms with Crippen molar-refractivity contribution in [2.24, 2.45) is 0 Å². The molecule has 7 heteroatoms. The zero-order chi connectivity index (χ0) is 25.0. The van der Waals surface area contributed by atoms with Gasteiger partial charge in [-0.2, -0.15) is 0 Å². The van der Waals surface area contributed by atoms with E-state index >= 15 is 0 Å². The molecule has 1 amide bonds. The lowest BCUT2D eigenvalue weighted by Gasteiger charge is -2.20. The Hall–Kier alpha value is -4.00. The molecule has 7 nitrogen and oxygen atoms in total. The Labute approximate surface area is 206 Å². The Morgan fingerprint density at radius 3 is 1.94 bits per heavy atom. The smallest absolute Gasteiger partial charge is 0.306 e. The van der Waals surface area contributed by atoms with E-state index in [1.165, 1.54) is 0 Å². The van der Waals surface area contributed by atoms with E-state index in [2.05, 4.69) is 5.32 Å². The lowest BCUT2D eigenvalue weighted by Crippen LogP contribution is -2.33. The summed E-state index contributed by atoms with van der Waals surface area (Å²) in [4.78, 5) is 25.0. The van der Waals surface area contributed by atoms with Crippen molar-refractivity contribution in [3.05, 3.63) is 89.5 Å². The summed E-state index contributed by atoms with van der Waals surface area (Å²) in [5.41, 5.74) is 2.65. The molecule has 0 fully saturated rings. The van der Waals surface area contributed by atoms with Gasteiger partial charge in [-0.3, -0.25) is 9.59 Å². The third-order valence-electron chi connectivity index (χ3n) is 5.44. The maximum Gasteiger partial charge on any atom is 0.306 e. The van der Waals surface area contributed by atoms with Crippen LogP contribution in [0.4, 0.5) is 0 Å². The highest BCUT2D eigenvalue weighted by Crippen LogP contribution is 2.26.